The summed E-state index contributed by atoms with van der Waals surface area (Å²) < 4.78 is 0. The number of allylic oxidation sites excluding steroid dienone is 2. The topological polar surface area (TPSA) is 155 Å². The summed E-state index contributed by atoms with van der Waals surface area (Å²) in [5, 5.41) is 25.2. The number of carboxylic acid groups (broad SMARTS) is 2. The molecule has 1 saturated heterocycles. The molecule has 0 amide bonds. The van der Waals surface area contributed by atoms with Crippen LogP contribution in [0.15, 0.2) is 23.9 Å². The van der Waals surface area contributed by atoms with Crippen molar-refractivity contribution in [1.29, 1.82) is 0 Å². The second kappa shape index (κ2) is 12.9. The zero-order valence-electron chi connectivity index (χ0n) is 16.4. The Hall–Kier alpha value is -1.39. The summed E-state index contributed by atoms with van der Waals surface area (Å²) in [4.78, 5) is 19.8. The van der Waals surface area contributed by atoms with Crippen molar-refractivity contribution < 1.29 is 36.6 Å². The Bertz CT molecular complexity index is 492. The van der Waals surface area contributed by atoms with Crippen LogP contribution in [0.1, 0.15) is 47.0 Å². The summed E-state index contributed by atoms with van der Waals surface area (Å²) in [5.74, 6) is -1.96. The fourth-order valence-corrected chi connectivity index (χ4v) is 1.68. The van der Waals surface area contributed by atoms with E-state index in [0.717, 1.165) is 13.1 Å². The average molecular weight is 427 g/mol. The van der Waals surface area contributed by atoms with Gasteiger partial charge in [0.15, 0.2) is 0 Å². The predicted octanol–water partition coefficient (Wildman–Crippen LogP) is 2.35. The second-order valence-corrected chi connectivity index (χ2v) is 7.33. The van der Waals surface area contributed by atoms with Gasteiger partial charge in [-0.2, -0.15) is 5.70 Å². The number of rotatable bonds is 3. The molecule has 2 aliphatic heterocycles. The monoisotopic (exact) mass is 427 g/mol. The van der Waals surface area contributed by atoms with Gasteiger partial charge in [0.25, 0.3) is 0 Å². The number of nitrogens with two attached hydrogens (primary N) is 2. The van der Waals surface area contributed by atoms with E-state index in [2.05, 4.69) is 28.9 Å². The molecule has 2 aliphatic rings. The third-order valence-electron chi connectivity index (χ3n) is 3.46. The first-order valence-corrected chi connectivity index (χ1v) is 8.61. The van der Waals surface area contributed by atoms with Crippen LogP contribution in [-0.2, 0) is 26.4 Å². The van der Waals surface area contributed by atoms with E-state index in [9.17, 15) is 9.59 Å². The number of hydrogen-bond donors (Lipinski definition) is 4. The van der Waals surface area contributed by atoms with Gasteiger partial charge >= 0.3 is 11.9 Å². The van der Waals surface area contributed by atoms with E-state index in [1.807, 2.05) is 0 Å². The predicted molar refractivity (Wildman–Crippen MR) is 103 cm³/mol. The first-order chi connectivity index (χ1) is 11.9. The van der Waals surface area contributed by atoms with Crippen LogP contribution in [0.2, 0.25) is 0 Å². The molecule has 0 saturated carbocycles. The Morgan fingerprint density at radius 3 is 1.85 bits per heavy atom. The van der Waals surface area contributed by atoms with Gasteiger partial charge in [0, 0.05) is 16.8 Å². The van der Waals surface area contributed by atoms with E-state index in [1.54, 1.807) is 0 Å². The normalized spacial score (nSPS) is 18.9. The van der Waals surface area contributed by atoms with E-state index in [0.29, 0.717) is 6.04 Å². The van der Waals surface area contributed by atoms with Gasteiger partial charge < -0.3 is 32.3 Å². The molecule has 1 atom stereocenters. The smallest absolute Gasteiger partial charge is 0.323 e. The molecule has 0 aromatic rings. The maximum Gasteiger partial charge on any atom is 0.323 e. The quantitative estimate of drug-likeness (QED) is 0.542. The molecule has 1 unspecified atom stereocenters. The van der Waals surface area contributed by atoms with Crippen LogP contribution in [0.25, 0.3) is 10.6 Å². The Balaban J connectivity index is 0. The Kier molecular flexibility index (Phi) is 13.3. The molecule has 6 N–H and O–H groups in total. The molecule has 0 spiro atoms. The van der Waals surface area contributed by atoms with Crippen molar-refractivity contribution in [2.75, 3.05) is 13.1 Å². The molecule has 2 rings (SSSR count). The van der Waals surface area contributed by atoms with Gasteiger partial charge in [-0.05, 0) is 27.7 Å². The van der Waals surface area contributed by atoms with Crippen molar-refractivity contribution in [3.63, 3.8) is 0 Å². The maximum absolute atomic E-state index is 9.90. The molecule has 0 aromatic heterocycles. The van der Waals surface area contributed by atoms with Gasteiger partial charge in [0.2, 0.25) is 0 Å². The fraction of sp³-hybridized carbons (Fsp3) is 0.667. The van der Waals surface area contributed by atoms with E-state index in [-0.39, 0.29) is 16.8 Å². The number of nitrogens with zero attached hydrogens (tertiary/aromatic N) is 2. The summed E-state index contributed by atoms with van der Waals surface area (Å²) >= 11 is 0. The molecule has 0 aromatic carbocycles. The largest absolute Gasteiger partial charge is 0.686 e. The van der Waals surface area contributed by atoms with Crippen LogP contribution in [0.5, 0.6) is 0 Å². The molecule has 8 nitrogen and oxygen atoms in total. The molecular weight excluding hydrogens is 395 g/mol. The number of aliphatic carboxylic acids is 2. The Morgan fingerprint density at radius 1 is 1.07 bits per heavy atom. The van der Waals surface area contributed by atoms with E-state index in [1.165, 1.54) is 52.7 Å². The molecule has 27 heavy (non-hydrogen) atoms. The number of piperidine rings is 1. The zero-order valence-corrected chi connectivity index (χ0v) is 17.5. The molecule has 159 valence electrons. The van der Waals surface area contributed by atoms with Crippen molar-refractivity contribution >= 4 is 11.9 Å². The third-order valence-corrected chi connectivity index (χ3v) is 3.46. The fourth-order valence-electron chi connectivity index (χ4n) is 1.68. The van der Waals surface area contributed by atoms with Gasteiger partial charge in [-0.15, -0.1) is 25.2 Å². The van der Waals surface area contributed by atoms with Gasteiger partial charge in [0.1, 0.15) is 11.1 Å². The van der Waals surface area contributed by atoms with Gasteiger partial charge in [-0.1, -0.05) is 31.4 Å². The molecule has 0 bridgehead atoms. The van der Waals surface area contributed by atoms with Crippen LogP contribution in [0, 0.1) is 0 Å². The van der Waals surface area contributed by atoms with Crippen LogP contribution in [0.4, 0.5) is 0 Å². The van der Waals surface area contributed by atoms with Crippen molar-refractivity contribution in [2.24, 2.45) is 11.5 Å². The van der Waals surface area contributed by atoms with E-state index >= 15 is 0 Å². The minimum atomic E-state index is -1.08. The first-order valence-electron chi connectivity index (χ1n) is 8.61. The standard InChI is InChI=1S/C10H14N2.2C4H9NO2.Co/c1-3-7-11-9(5-1)10-6-2-4-8-12-10;2*1-4(2,5)3(6)7;/h1,3,5,10H,2,4,6-8H2;2*5H2,1-2H3,(H,6,7);/q-2;;;. The minimum Gasteiger partial charge on any atom is -0.686 e. The maximum atomic E-state index is 9.90. The van der Waals surface area contributed by atoms with Gasteiger partial charge in [-0.3, -0.25) is 9.59 Å². The summed E-state index contributed by atoms with van der Waals surface area (Å²) in [6.45, 7) is 7.63. The number of hydrogen-bond acceptors (Lipinski definition) is 4. The third kappa shape index (κ3) is 13.4. The summed E-state index contributed by atoms with van der Waals surface area (Å²) in [5.41, 5.74) is 9.18. The van der Waals surface area contributed by atoms with E-state index < -0.39 is 23.0 Å². The van der Waals surface area contributed by atoms with Crippen molar-refractivity contribution in [3.05, 3.63) is 34.6 Å². The SMILES string of the molecule is C1=CC[N-]C(C2CCCC[N-]2)=C1.CC(C)(N)C(=O)O.CC(C)(N)C(=O)O.[Co]. The first kappa shape index (κ1) is 27.8. The number of carbonyl (C=O) groups is 2. The van der Waals surface area contributed by atoms with Crippen LogP contribution in [0.3, 0.4) is 0 Å². The van der Waals surface area contributed by atoms with Crippen molar-refractivity contribution in [3.8, 4) is 0 Å². The molecule has 1 fully saturated rings. The zero-order chi connectivity index (χ0) is 20.4. The second-order valence-electron chi connectivity index (χ2n) is 7.33. The van der Waals surface area contributed by atoms with Crippen LogP contribution >= 0.6 is 0 Å². The van der Waals surface area contributed by atoms with Crippen molar-refractivity contribution in [1.82, 2.24) is 0 Å². The molecule has 9 heteroatoms. The van der Waals surface area contributed by atoms with E-state index in [4.69, 9.17) is 21.7 Å². The summed E-state index contributed by atoms with van der Waals surface area (Å²) in [6.07, 6.45) is 10.0. The van der Waals surface area contributed by atoms with Gasteiger partial charge in [-0.25, -0.2) is 0 Å². The minimum absolute atomic E-state index is 0. The Morgan fingerprint density at radius 2 is 1.56 bits per heavy atom. The molecule has 0 aliphatic carbocycles. The molecular formula is C18H32CoN4O4-2. The molecule has 1 radical (unpaired) electrons. The average Bonchev–Trinajstić information content (AvgIpc) is 2.56. The van der Waals surface area contributed by atoms with Gasteiger partial charge in [0.05, 0.1) is 0 Å². The summed E-state index contributed by atoms with van der Waals surface area (Å²) in [7, 11) is 0. The number of carboxylic acids is 2. The van der Waals surface area contributed by atoms with Crippen LogP contribution in [-0.4, -0.2) is 52.4 Å². The summed E-state index contributed by atoms with van der Waals surface area (Å²) in [6, 6.07) is 0.406. The van der Waals surface area contributed by atoms with Crippen molar-refractivity contribution in [2.45, 2.75) is 64.1 Å². The van der Waals surface area contributed by atoms with Crippen LogP contribution < -0.4 is 11.5 Å². The Labute approximate surface area is 172 Å². The molecule has 2 heterocycles.